The Morgan fingerprint density at radius 3 is 2.39 bits per heavy atom. The number of carboxylic acid groups (broad SMARTS) is 1. The van der Waals surface area contributed by atoms with Crippen LogP contribution in [-0.2, 0) is 33.4 Å². The molecule has 0 bridgehead atoms. The van der Waals surface area contributed by atoms with Crippen LogP contribution in [0.4, 0.5) is 0 Å². The fourth-order valence-electron chi connectivity index (χ4n) is 9.45. The van der Waals surface area contributed by atoms with Gasteiger partial charge in [-0.05, 0) is 101 Å². The molecule has 1 saturated heterocycles. The molecule has 308 valence electrons. The van der Waals surface area contributed by atoms with Crippen LogP contribution >= 0.6 is 0 Å². The first-order valence-corrected chi connectivity index (χ1v) is 20.0. The van der Waals surface area contributed by atoms with E-state index in [4.69, 9.17) is 14.2 Å². The van der Waals surface area contributed by atoms with Crippen molar-refractivity contribution in [3.63, 3.8) is 0 Å². The molecule has 12 nitrogen and oxygen atoms in total. The average molecular weight is 781 g/mol. The number of allylic oxidation sites excluding steroid dienone is 7. The van der Waals surface area contributed by atoms with Gasteiger partial charge < -0.3 is 39.7 Å². The molecule has 56 heavy (non-hydrogen) atoms. The van der Waals surface area contributed by atoms with Crippen molar-refractivity contribution in [2.45, 2.75) is 130 Å². The molecular weight excluding hydrogens is 720 g/mol. The summed E-state index contributed by atoms with van der Waals surface area (Å²) in [6.07, 6.45) is 6.63. The molecule has 3 aliphatic carbocycles. The molecule has 0 aromatic rings. The highest BCUT2D eigenvalue weighted by atomic mass is 16.7. The second-order valence-corrected chi connectivity index (χ2v) is 17.0. The number of esters is 2. The number of rotatable bonds is 11. The van der Waals surface area contributed by atoms with Crippen LogP contribution in [0.1, 0.15) is 87.5 Å². The molecule has 12 heteroatoms. The number of carboxylic acids is 1. The zero-order valence-electron chi connectivity index (χ0n) is 33.8. The number of carbonyl (C=O) groups is 4. The summed E-state index contributed by atoms with van der Waals surface area (Å²) in [5, 5.41) is 51.8. The van der Waals surface area contributed by atoms with Crippen molar-refractivity contribution in [2.75, 3.05) is 0 Å². The molecule has 2 heterocycles. The van der Waals surface area contributed by atoms with Crippen molar-refractivity contribution in [3.05, 3.63) is 69.9 Å². The zero-order chi connectivity index (χ0) is 41.3. The number of hydrogen-bond acceptors (Lipinski definition) is 11. The van der Waals surface area contributed by atoms with Crippen LogP contribution in [0.2, 0.25) is 0 Å². The lowest BCUT2D eigenvalue weighted by Crippen LogP contribution is -2.57. The highest BCUT2D eigenvalue weighted by Crippen LogP contribution is 2.54. The van der Waals surface area contributed by atoms with Gasteiger partial charge in [0, 0.05) is 23.3 Å². The van der Waals surface area contributed by atoms with E-state index in [1.54, 1.807) is 6.92 Å². The zero-order valence-corrected chi connectivity index (χ0v) is 33.8. The number of cyclic esters (lactones) is 2. The van der Waals surface area contributed by atoms with Crippen molar-refractivity contribution in [3.8, 4) is 0 Å². The normalized spacial score (nSPS) is 39.9. The lowest BCUT2D eigenvalue weighted by atomic mass is 9.65. The Morgan fingerprint density at radius 2 is 1.71 bits per heavy atom. The highest BCUT2D eigenvalue weighted by molar-refractivity contribution is 5.99. The Bertz CT molecular complexity index is 1730. The van der Waals surface area contributed by atoms with Crippen molar-refractivity contribution in [1.29, 1.82) is 0 Å². The van der Waals surface area contributed by atoms with Gasteiger partial charge in [-0.1, -0.05) is 68.4 Å². The van der Waals surface area contributed by atoms with Crippen LogP contribution in [0.3, 0.4) is 0 Å². The van der Waals surface area contributed by atoms with E-state index in [1.807, 2.05) is 65.0 Å². The topological polar surface area (TPSA) is 197 Å². The Morgan fingerprint density at radius 1 is 1.02 bits per heavy atom. The molecule has 15 unspecified atom stereocenters. The van der Waals surface area contributed by atoms with E-state index in [0.717, 1.165) is 22.3 Å². The summed E-state index contributed by atoms with van der Waals surface area (Å²) in [6.45, 7) is 14.6. The lowest BCUT2D eigenvalue weighted by molar-refractivity contribution is -0.274. The minimum Gasteiger partial charge on any atom is -0.481 e. The predicted molar refractivity (Wildman–Crippen MR) is 206 cm³/mol. The largest absolute Gasteiger partial charge is 0.481 e. The number of fused-ring (bicyclic) bond motifs is 4. The van der Waals surface area contributed by atoms with Gasteiger partial charge in [0.25, 0.3) is 0 Å². The van der Waals surface area contributed by atoms with Crippen LogP contribution in [0.5, 0.6) is 0 Å². The minimum atomic E-state index is -1.70. The summed E-state index contributed by atoms with van der Waals surface area (Å²) < 4.78 is 17.9. The van der Waals surface area contributed by atoms with Gasteiger partial charge in [-0.2, -0.15) is 0 Å². The maximum atomic E-state index is 14.4. The standard InChI is InChI=1S/C44H60O12/c1-20(16-21(2)17-32(45)26(7)41(50)51)12-10-9-11-13-28-23(4)18-31-29(15-14-22(3)40(31)55-44-39(49)38(48)37(47)27(8)54-44)36-35(28)34-25(6)33(46)19-30(34)24(5)42(52)56-43(36)53/h9-13,18,21-22,25-29,31-33,36-37,39-40,44-47,49H,14-17,19H2,1-8H3,(H,50,51)/b10-9+,13-11+,20-12+,30-24-,35-34-. The van der Waals surface area contributed by atoms with E-state index in [-0.39, 0.29) is 24.2 Å². The number of aliphatic hydroxyl groups excluding tert-OH is 4. The van der Waals surface area contributed by atoms with Gasteiger partial charge in [-0.25, -0.2) is 4.79 Å². The van der Waals surface area contributed by atoms with Crippen molar-refractivity contribution in [1.82, 2.24) is 0 Å². The van der Waals surface area contributed by atoms with Crippen molar-refractivity contribution >= 4 is 23.7 Å². The maximum absolute atomic E-state index is 14.4. The summed E-state index contributed by atoms with van der Waals surface area (Å²) >= 11 is 0. The Labute approximate surface area is 329 Å². The average Bonchev–Trinajstić information content (AvgIpc) is 3.36. The summed E-state index contributed by atoms with van der Waals surface area (Å²) in [6, 6.07) is 0. The summed E-state index contributed by atoms with van der Waals surface area (Å²) in [5.74, 6) is -6.51. The second-order valence-electron chi connectivity index (χ2n) is 17.0. The van der Waals surface area contributed by atoms with Crippen LogP contribution in [-0.4, -0.2) is 92.1 Å². The smallest absolute Gasteiger partial charge is 0.341 e. The van der Waals surface area contributed by atoms with Gasteiger partial charge in [0.05, 0.1) is 36.3 Å². The van der Waals surface area contributed by atoms with E-state index >= 15 is 0 Å². The van der Waals surface area contributed by atoms with Gasteiger partial charge in [-0.3, -0.25) is 14.4 Å². The monoisotopic (exact) mass is 780 g/mol. The van der Waals surface area contributed by atoms with Gasteiger partial charge in [0.2, 0.25) is 0 Å². The molecular formula is C44H60O12. The number of ether oxygens (including phenoxy) is 3. The van der Waals surface area contributed by atoms with E-state index < -0.39 is 96.2 Å². The van der Waals surface area contributed by atoms with Gasteiger partial charge in [0.1, 0.15) is 6.10 Å². The van der Waals surface area contributed by atoms with E-state index in [2.05, 4.69) is 6.08 Å². The molecule has 0 amide bonds. The SMILES string of the molecule is CC1=CC2C(CCC(C)C2OC2OC(C)C(O)C(=O)C2O)C2C(=O)OC(=O)/C(C)=C3/CC(O)C(C)/C3=C/2C1/C=C/C=C/C=C(\C)CC(C)CC(O)C(C)C(=O)O. The summed E-state index contributed by atoms with van der Waals surface area (Å²) in [4.78, 5) is 51.7. The lowest BCUT2D eigenvalue weighted by Gasteiger charge is -2.45. The molecule has 5 aliphatic rings. The first kappa shape index (κ1) is 43.6. The second kappa shape index (κ2) is 18.0. The molecule has 0 aromatic heterocycles. The third kappa shape index (κ3) is 8.95. The Balaban J connectivity index is 1.53. The molecule has 5 N–H and O–H groups in total. The quantitative estimate of drug-likeness (QED) is 0.0823. The molecule has 2 saturated carbocycles. The fourth-order valence-corrected chi connectivity index (χ4v) is 9.45. The number of Topliss-reactive ketones (excluding diaryl/α,β-unsaturated/α-hetero) is 1. The minimum absolute atomic E-state index is 0.0685. The molecule has 0 spiro atoms. The molecule has 2 aliphatic heterocycles. The number of ketones is 1. The third-order valence-corrected chi connectivity index (χ3v) is 12.8. The number of aliphatic hydroxyl groups is 4. The molecule has 5 rings (SSSR count). The maximum Gasteiger partial charge on any atom is 0.341 e. The molecule has 0 aromatic carbocycles. The van der Waals surface area contributed by atoms with Crippen molar-refractivity contribution in [2.24, 2.45) is 47.3 Å². The van der Waals surface area contributed by atoms with Gasteiger partial charge >= 0.3 is 17.9 Å². The summed E-state index contributed by atoms with van der Waals surface area (Å²) in [7, 11) is 0. The van der Waals surface area contributed by atoms with Gasteiger partial charge in [0.15, 0.2) is 18.2 Å². The molecule has 15 atom stereocenters. The first-order chi connectivity index (χ1) is 26.3. The first-order valence-electron chi connectivity index (χ1n) is 20.0. The molecule has 3 fully saturated rings. The van der Waals surface area contributed by atoms with E-state index in [0.29, 0.717) is 36.8 Å². The Hall–Kier alpha value is -3.52. The number of carbonyl (C=O) groups excluding carboxylic acids is 3. The van der Waals surface area contributed by atoms with Crippen LogP contribution in [0.15, 0.2) is 69.9 Å². The summed E-state index contributed by atoms with van der Waals surface area (Å²) in [5.41, 5.74) is 4.56. The number of hydrogen-bond donors (Lipinski definition) is 5. The Kier molecular flexibility index (Phi) is 14.0. The predicted octanol–water partition coefficient (Wildman–Crippen LogP) is 4.92. The van der Waals surface area contributed by atoms with Crippen molar-refractivity contribution < 1.29 is 58.9 Å². The highest BCUT2D eigenvalue weighted by Gasteiger charge is 2.53. The third-order valence-electron chi connectivity index (χ3n) is 12.8. The van der Waals surface area contributed by atoms with Crippen LogP contribution < -0.4 is 0 Å². The van der Waals surface area contributed by atoms with Crippen LogP contribution in [0, 0.1) is 47.3 Å². The van der Waals surface area contributed by atoms with E-state index in [9.17, 15) is 44.7 Å². The van der Waals surface area contributed by atoms with Crippen LogP contribution in [0.25, 0.3) is 0 Å². The van der Waals surface area contributed by atoms with E-state index in [1.165, 1.54) is 13.8 Å². The fraction of sp³-hybridized carbons (Fsp3) is 0.636. The number of aliphatic carboxylic acids is 1. The molecule has 0 radical (unpaired) electrons. The van der Waals surface area contributed by atoms with Gasteiger partial charge in [-0.15, -0.1) is 0 Å².